The molecule has 2 aromatic carbocycles. The van der Waals surface area contributed by atoms with E-state index in [1.165, 1.54) is 29.2 Å². The number of nitrogens with one attached hydrogen (secondary N) is 1. The molecule has 0 heterocycles. The number of amides is 2. The van der Waals surface area contributed by atoms with Crippen molar-refractivity contribution in [1.82, 2.24) is 10.2 Å². The fourth-order valence-corrected chi connectivity index (χ4v) is 4.84. The Morgan fingerprint density at radius 1 is 1.00 bits per heavy atom. The average Bonchev–Trinajstić information content (AvgIpc) is 2.75. The molecule has 2 rings (SSSR count). The average molecular weight is 569 g/mol. The number of anilines is 1. The molecule has 34 heavy (non-hydrogen) atoms. The monoisotopic (exact) mass is 567 g/mol. The molecule has 0 fully saturated rings. The Balaban J connectivity index is 2.45. The van der Waals surface area contributed by atoms with Gasteiger partial charge in [-0.1, -0.05) is 59.4 Å². The second kappa shape index (κ2) is 12.3. The van der Waals surface area contributed by atoms with Crippen LogP contribution in [-0.4, -0.2) is 50.5 Å². The van der Waals surface area contributed by atoms with Crippen LogP contribution in [0.5, 0.6) is 0 Å². The number of hydrogen-bond donors (Lipinski definition) is 1. The molecule has 0 radical (unpaired) electrons. The van der Waals surface area contributed by atoms with Gasteiger partial charge >= 0.3 is 0 Å². The summed E-state index contributed by atoms with van der Waals surface area (Å²) in [6, 6.07) is 8.17. The maximum absolute atomic E-state index is 13.5. The van der Waals surface area contributed by atoms with Gasteiger partial charge in [0.2, 0.25) is 21.8 Å². The van der Waals surface area contributed by atoms with Gasteiger partial charge in [-0.05, 0) is 49.2 Å². The Hall–Kier alpha value is -1.71. The highest BCUT2D eigenvalue weighted by molar-refractivity contribution is 7.92. The quantitative estimate of drug-likeness (QED) is 0.436. The highest BCUT2D eigenvalue weighted by Gasteiger charge is 2.31. The maximum Gasteiger partial charge on any atom is 0.244 e. The van der Waals surface area contributed by atoms with Crippen LogP contribution >= 0.6 is 46.4 Å². The molecular formula is C22H25Cl4N3O4S. The van der Waals surface area contributed by atoms with Crippen LogP contribution in [0.3, 0.4) is 0 Å². The lowest BCUT2D eigenvalue weighted by atomic mass is 10.1. The molecule has 0 spiro atoms. The molecule has 1 atom stereocenters. The largest absolute Gasteiger partial charge is 0.354 e. The van der Waals surface area contributed by atoms with E-state index in [1.807, 2.05) is 6.92 Å². The number of sulfonamides is 1. The molecule has 0 aliphatic heterocycles. The van der Waals surface area contributed by atoms with E-state index in [-0.39, 0.29) is 28.2 Å². The predicted molar refractivity (Wildman–Crippen MR) is 138 cm³/mol. The molecular weight excluding hydrogens is 544 g/mol. The van der Waals surface area contributed by atoms with Crippen molar-refractivity contribution in [2.45, 2.75) is 32.9 Å². The van der Waals surface area contributed by atoms with Gasteiger partial charge in [-0.25, -0.2) is 8.42 Å². The van der Waals surface area contributed by atoms with E-state index in [2.05, 4.69) is 5.32 Å². The van der Waals surface area contributed by atoms with E-state index < -0.39 is 28.5 Å². The third kappa shape index (κ3) is 7.65. The zero-order valence-corrected chi connectivity index (χ0v) is 22.7. The Morgan fingerprint density at radius 2 is 1.62 bits per heavy atom. The van der Waals surface area contributed by atoms with Crippen LogP contribution < -0.4 is 9.62 Å². The van der Waals surface area contributed by atoms with Gasteiger partial charge in [-0.3, -0.25) is 13.9 Å². The topological polar surface area (TPSA) is 86.8 Å². The minimum absolute atomic E-state index is 0.0452. The molecule has 2 amide bonds. The summed E-state index contributed by atoms with van der Waals surface area (Å²) in [7, 11) is -3.93. The standard InChI is InChI=1S/C22H25Cl4N3O4S/c1-4-9-27-22(31)14(2)28(12-15-5-6-16(23)10-19(15)26)21(30)13-29(34(3,32)33)20-11-17(24)7-8-18(20)25/h5-8,10-11,14H,4,9,12-13H2,1-3H3,(H,27,31)/t14-/m1/s1. The van der Waals surface area contributed by atoms with Crippen LogP contribution in [-0.2, 0) is 26.2 Å². The zero-order valence-electron chi connectivity index (χ0n) is 18.8. The SMILES string of the molecule is CCCNC(=O)[C@@H](C)N(Cc1ccc(Cl)cc1Cl)C(=O)CN(c1cc(Cl)ccc1Cl)S(C)(=O)=O. The molecule has 0 aliphatic carbocycles. The van der Waals surface area contributed by atoms with Crippen LogP contribution in [0.1, 0.15) is 25.8 Å². The van der Waals surface area contributed by atoms with E-state index >= 15 is 0 Å². The van der Waals surface area contributed by atoms with Gasteiger partial charge < -0.3 is 10.2 Å². The number of nitrogens with zero attached hydrogens (tertiary/aromatic N) is 2. The fourth-order valence-electron chi connectivity index (χ4n) is 3.08. The normalized spacial score (nSPS) is 12.2. The molecule has 0 saturated carbocycles. The first-order chi connectivity index (χ1) is 15.8. The smallest absolute Gasteiger partial charge is 0.244 e. The predicted octanol–water partition coefficient (Wildman–Crippen LogP) is 5.01. The van der Waals surface area contributed by atoms with Gasteiger partial charge in [0.25, 0.3) is 0 Å². The summed E-state index contributed by atoms with van der Waals surface area (Å²) in [5.74, 6) is -1.02. The zero-order chi connectivity index (χ0) is 25.6. The van der Waals surface area contributed by atoms with E-state index in [4.69, 9.17) is 46.4 Å². The molecule has 186 valence electrons. The van der Waals surface area contributed by atoms with Gasteiger partial charge in [0.05, 0.1) is 17.0 Å². The highest BCUT2D eigenvalue weighted by atomic mass is 35.5. The van der Waals surface area contributed by atoms with E-state index in [9.17, 15) is 18.0 Å². The van der Waals surface area contributed by atoms with Gasteiger partial charge in [0.15, 0.2) is 0 Å². The molecule has 12 heteroatoms. The molecule has 0 aromatic heterocycles. The Bertz CT molecular complexity index is 1160. The second-order valence-electron chi connectivity index (χ2n) is 7.59. The van der Waals surface area contributed by atoms with Gasteiger partial charge in [0, 0.05) is 28.2 Å². The maximum atomic E-state index is 13.5. The van der Waals surface area contributed by atoms with E-state index in [1.54, 1.807) is 19.1 Å². The summed E-state index contributed by atoms with van der Waals surface area (Å²) in [6.45, 7) is 3.25. The molecule has 0 saturated heterocycles. The molecule has 0 unspecified atom stereocenters. The third-order valence-electron chi connectivity index (χ3n) is 4.93. The van der Waals surface area contributed by atoms with Crippen molar-refractivity contribution < 1.29 is 18.0 Å². The Labute approximate surface area is 220 Å². The second-order valence-corrected chi connectivity index (χ2v) is 11.2. The highest BCUT2D eigenvalue weighted by Crippen LogP contribution is 2.31. The van der Waals surface area contributed by atoms with Crippen molar-refractivity contribution in [2.75, 3.05) is 23.7 Å². The number of carbonyl (C=O) groups excluding carboxylic acids is 2. The number of benzene rings is 2. The van der Waals surface area contributed by atoms with Crippen LogP contribution in [0.15, 0.2) is 36.4 Å². The van der Waals surface area contributed by atoms with Gasteiger partial charge in [-0.2, -0.15) is 0 Å². The van der Waals surface area contributed by atoms with Crippen molar-refractivity contribution in [3.05, 3.63) is 62.1 Å². The lowest BCUT2D eigenvalue weighted by Gasteiger charge is -2.32. The van der Waals surface area contributed by atoms with Crippen LogP contribution in [0.25, 0.3) is 0 Å². The van der Waals surface area contributed by atoms with Gasteiger partial charge in [0.1, 0.15) is 12.6 Å². The number of rotatable bonds is 10. The number of halogens is 4. The third-order valence-corrected chi connectivity index (χ3v) is 7.20. The minimum atomic E-state index is -3.93. The van der Waals surface area contributed by atoms with Crippen molar-refractivity contribution in [3.63, 3.8) is 0 Å². The minimum Gasteiger partial charge on any atom is -0.354 e. The van der Waals surface area contributed by atoms with Crippen molar-refractivity contribution >= 4 is 73.9 Å². The first-order valence-corrected chi connectivity index (χ1v) is 13.6. The number of hydrogen-bond acceptors (Lipinski definition) is 4. The van der Waals surface area contributed by atoms with Crippen molar-refractivity contribution in [3.8, 4) is 0 Å². The molecule has 2 aromatic rings. The van der Waals surface area contributed by atoms with Crippen LogP contribution in [0.2, 0.25) is 20.1 Å². The first kappa shape index (κ1) is 28.5. The molecule has 7 nitrogen and oxygen atoms in total. The summed E-state index contributed by atoms with van der Waals surface area (Å²) in [4.78, 5) is 27.4. The first-order valence-electron chi connectivity index (χ1n) is 10.3. The van der Waals surface area contributed by atoms with Gasteiger partial charge in [-0.15, -0.1) is 0 Å². The van der Waals surface area contributed by atoms with Crippen LogP contribution in [0.4, 0.5) is 5.69 Å². The van der Waals surface area contributed by atoms with Crippen LogP contribution in [0, 0.1) is 0 Å². The summed E-state index contributed by atoms with van der Waals surface area (Å²) in [5.41, 5.74) is 0.596. The Kier molecular flexibility index (Phi) is 10.3. The fraction of sp³-hybridized carbons (Fsp3) is 0.364. The summed E-state index contributed by atoms with van der Waals surface area (Å²) in [5, 5.41) is 3.83. The molecule has 1 N–H and O–H groups in total. The molecule has 0 bridgehead atoms. The van der Waals surface area contributed by atoms with Crippen molar-refractivity contribution in [2.24, 2.45) is 0 Å². The molecule has 0 aliphatic rings. The van der Waals surface area contributed by atoms with Crippen molar-refractivity contribution in [1.29, 1.82) is 0 Å². The summed E-state index contributed by atoms with van der Waals surface area (Å²) >= 11 is 24.5. The van der Waals surface area contributed by atoms with E-state index in [0.29, 0.717) is 28.6 Å². The lowest BCUT2D eigenvalue weighted by Crippen LogP contribution is -2.51. The summed E-state index contributed by atoms with van der Waals surface area (Å²) < 4.78 is 26.0. The summed E-state index contributed by atoms with van der Waals surface area (Å²) in [6.07, 6.45) is 1.67. The lowest BCUT2D eigenvalue weighted by molar-refractivity contribution is -0.139. The number of carbonyl (C=O) groups is 2. The Morgan fingerprint density at radius 3 is 2.21 bits per heavy atom. The van der Waals surface area contributed by atoms with E-state index in [0.717, 1.165) is 10.6 Å².